The molecule has 0 saturated carbocycles. The number of rotatable bonds is 4. The van der Waals surface area contributed by atoms with Gasteiger partial charge in [-0.3, -0.25) is 0 Å². The monoisotopic (exact) mass is 261 g/mol. The molecule has 4 heteroatoms. The zero-order valence-electron chi connectivity index (χ0n) is 7.93. The van der Waals surface area contributed by atoms with Crippen molar-refractivity contribution in [3.05, 3.63) is 34.1 Å². The fourth-order valence-corrected chi connectivity index (χ4v) is 1.69. The SMILES string of the molecule is CNCC(O)Cc1cccc(F)c1Br. The van der Waals surface area contributed by atoms with Crippen LogP contribution >= 0.6 is 15.9 Å². The highest BCUT2D eigenvalue weighted by molar-refractivity contribution is 9.10. The summed E-state index contributed by atoms with van der Waals surface area (Å²) in [6, 6.07) is 4.82. The number of hydrogen-bond donors (Lipinski definition) is 2. The van der Waals surface area contributed by atoms with Gasteiger partial charge in [-0.15, -0.1) is 0 Å². The molecule has 1 rings (SSSR count). The summed E-state index contributed by atoms with van der Waals surface area (Å²) >= 11 is 3.15. The summed E-state index contributed by atoms with van der Waals surface area (Å²) < 4.78 is 13.5. The summed E-state index contributed by atoms with van der Waals surface area (Å²) in [6.45, 7) is 0.503. The molecule has 1 atom stereocenters. The van der Waals surface area contributed by atoms with Gasteiger partial charge in [-0.1, -0.05) is 12.1 Å². The highest BCUT2D eigenvalue weighted by atomic mass is 79.9. The maximum Gasteiger partial charge on any atom is 0.137 e. The highest BCUT2D eigenvalue weighted by Gasteiger charge is 2.09. The number of aliphatic hydroxyl groups is 1. The van der Waals surface area contributed by atoms with Crippen molar-refractivity contribution in [1.82, 2.24) is 5.32 Å². The number of hydrogen-bond acceptors (Lipinski definition) is 2. The van der Waals surface area contributed by atoms with Crippen LogP contribution in [0.5, 0.6) is 0 Å². The fourth-order valence-electron chi connectivity index (χ4n) is 1.27. The summed E-state index contributed by atoms with van der Waals surface area (Å²) in [5.41, 5.74) is 0.785. The van der Waals surface area contributed by atoms with Gasteiger partial charge in [0.1, 0.15) is 5.82 Å². The molecule has 2 nitrogen and oxygen atoms in total. The van der Waals surface area contributed by atoms with Gasteiger partial charge < -0.3 is 10.4 Å². The second kappa shape index (κ2) is 5.44. The molecule has 0 spiro atoms. The van der Waals surface area contributed by atoms with E-state index in [0.29, 0.717) is 17.4 Å². The molecule has 2 N–H and O–H groups in total. The number of nitrogens with one attached hydrogen (secondary N) is 1. The molecule has 14 heavy (non-hydrogen) atoms. The molecule has 1 aromatic carbocycles. The molecule has 0 amide bonds. The van der Waals surface area contributed by atoms with Crippen LogP contribution in [0.2, 0.25) is 0 Å². The zero-order valence-corrected chi connectivity index (χ0v) is 9.51. The van der Waals surface area contributed by atoms with Gasteiger partial charge >= 0.3 is 0 Å². The summed E-state index contributed by atoms with van der Waals surface area (Å²) in [5, 5.41) is 12.4. The maximum atomic E-state index is 13.1. The fraction of sp³-hybridized carbons (Fsp3) is 0.400. The van der Waals surface area contributed by atoms with E-state index in [1.54, 1.807) is 19.2 Å². The lowest BCUT2D eigenvalue weighted by atomic mass is 10.1. The molecule has 0 aliphatic heterocycles. The van der Waals surface area contributed by atoms with Crippen LogP contribution in [0.4, 0.5) is 4.39 Å². The van der Waals surface area contributed by atoms with Crippen LogP contribution in [0, 0.1) is 5.82 Å². The van der Waals surface area contributed by atoms with Crippen molar-refractivity contribution in [2.75, 3.05) is 13.6 Å². The Morgan fingerprint density at radius 1 is 1.57 bits per heavy atom. The highest BCUT2D eigenvalue weighted by Crippen LogP contribution is 2.21. The van der Waals surface area contributed by atoms with Gasteiger partial charge in [-0.05, 0) is 34.6 Å². The normalized spacial score (nSPS) is 12.9. The summed E-state index contributed by atoms with van der Waals surface area (Å²) in [4.78, 5) is 0. The van der Waals surface area contributed by atoms with Crippen molar-refractivity contribution in [2.24, 2.45) is 0 Å². The minimum Gasteiger partial charge on any atom is -0.391 e. The summed E-state index contributed by atoms with van der Waals surface area (Å²) in [7, 11) is 1.77. The summed E-state index contributed by atoms with van der Waals surface area (Å²) in [6.07, 6.45) is -0.0442. The van der Waals surface area contributed by atoms with E-state index in [1.165, 1.54) is 6.07 Å². The Labute approximate surface area is 91.3 Å². The Morgan fingerprint density at radius 3 is 2.93 bits per heavy atom. The van der Waals surface area contributed by atoms with E-state index >= 15 is 0 Å². The number of halogens is 2. The van der Waals surface area contributed by atoms with Crippen LogP contribution in [0.25, 0.3) is 0 Å². The molecule has 1 aromatic rings. The van der Waals surface area contributed by atoms with Crippen molar-refractivity contribution in [3.8, 4) is 0 Å². The molecule has 1 unspecified atom stereocenters. The van der Waals surface area contributed by atoms with E-state index in [2.05, 4.69) is 21.2 Å². The molecule has 0 fully saturated rings. The largest absolute Gasteiger partial charge is 0.391 e. The topological polar surface area (TPSA) is 32.3 Å². The second-order valence-electron chi connectivity index (χ2n) is 3.13. The minimum atomic E-state index is -0.488. The molecule has 0 heterocycles. The molecular formula is C10H13BrFNO. The van der Waals surface area contributed by atoms with Gasteiger partial charge in [0.25, 0.3) is 0 Å². The van der Waals surface area contributed by atoms with Gasteiger partial charge in [0.05, 0.1) is 10.6 Å². The predicted molar refractivity (Wildman–Crippen MR) is 57.7 cm³/mol. The quantitative estimate of drug-likeness (QED) is 0.865. The van der Waals surface area contributed by atoms with Crippen molar-refractivity contribution in [3.63, 3.8) is 0 Å². The number of benzene rings is 1. The van der Waals surface area contributed by atoms with Crippen LogP contribution in [-0.2, 0) is 6.42 Å². The first-order valence-electron chi connectivity index (χ1n) is 4.40. The first-order chi connectivity index (χ1) is 6.65. The van der Waals surface area contributed by atoms with E-state index in [-0.39, 0.29) is 5.82 Å². The average molecular weight is 262 g/mol. The second-order valence-corrected chi connectivity index (χ2v) is 3.92. The number of likely N-dealkylation sites (N-methyl/N-ethyl adjacent to an activating group) is 1. The van der Waals surface area contributed by atoms with Crippen LogP contribution in [0.15, 0.2) is 22.7 Å². The lowest BCUT2D eigenvalue weighted by Gasteiger charge is -2.11. The van der Waals surface area contributed by atoms with E-state index < -0.39 is 6.10 Å². The minimum absolute atomic E-state index is 0.292. The van der Waals surface area contributed by atoms with Gasteiger partial charge in [-0.2, -0.15) is 0 Å². The molecule has 0 radical (unpaired) electrons. The van der Waals surface area contributed by atoms with Crippen molar-refractivity contribution >= 4 is 15.9 Å². The standard InChI is InChI=1S/C10H13BrFNO/c1-13-6-8(14)5-7-3-2-4-9(12)10(7)11/h2-4,8,13-14H,5-6H2,1H3. The first kappa shape index (κ1) is 11.6. The van der Waals surface area contributed by atoms with E-state index in [1.807, 2.05) is 0 Å². The molecular weight excluding hydrogens is 249 g/mol. The third-order valence-corrected chi connectivity index (χ3v) is 2.81. The van der Waals surface area contributed by atoms with Crippen LogP contribution in [-0.4, -0.2) is 24.8 Å². The van der Waals surface area contributed by atoms with Crippen molar-refractivity contribution in [1.29, 1.82) is 0 Å². The maximum absolute atomic E-state index is 13.1. The molecule has 0 saturated heterocycles. The molecule has 0 aliphatic rings. The zero-order chi connectivity index (χ0) is 10.6. The third kappa shape index (κ3) is 3.04. The van der Waals surface area contributed by atoms with Gasteiger partial charge in [0.15, 0.2) is 0 Å². The lowest BCUT2D eigenvalue weighted by Crippen LogP contribution is -2.25. The van der Waals surface area contributed by atoms with Crippen LogP contribution in [0.1, 0.15) is 5.56 Å². The molecule has 0 aliphatic carbocycles. The molecule has 0 aromatic heterocycles. The Hall–Kier alpha value is -0.450. The predicted octanol–water partition coefficient (Wildman–Crippen LogP) is 1.71. The molecule has 0 bridgehead atoms. The van der Waals surface area contributed by atoms with Gasteiger partial charge in [0.2, 0.25) is 0 Å². The number of aliphatic hydroxyl groups excluding tert-OH is 1. The smallest absolute Gasteiger partial charge is 0.137 e. The lowest BCUT2D eigenvalue weighted by molar-refractivity contribution is 0.174. The third-order valence-electron chi connectivity index (χ3n) is 1.93. The Kier molecular flexibility index (Phi) is 4.51. The van der Waals surface area contributed by atoms with Gasteiger partial charge in [-0.25, -0.2) is 4.39 Å². The van der Waals surface area contributed by atoms with E-state index in [4.69, 9.17) is 0 Å². The van der Waals surface area contributed by atoms with Crippen molar-refractivity contribution < 1.29 is 9.50 Å². The Bertz CT molecular complexity index is 306. The van der Waals surface area contributed by atoms with Crippen LogP contribution < -0.4 is 5.32 Å². The van der Waals surface area contributed by atoms with Crippen molar-refractivity contribution in [2.45, 2.75) is 12.5 Å². The summed E-state index contributed by atoms with van der Waals surface area (Å²) in [5.74, 6) is -0.292. The Balaban J connectivity index is 2.71. The van der Waals surface area contributed by atoms with E-state index in [0.717, 1.165) is 5.56 Å². The van der Waals surface area contributed by atoms with E-state index in [9.17, 15) is 9.50 Å². The van der Waals surface area contributed by atoms with Crippen LogP contribution in [0.3, 0.4) is 0 Å². The van der Waals surface area contributed by atoms with Gasteiger partial charge in [0, 0.05) is 13.0 Å². The average Bonchev–Trinajstić information content (AvgIpc) is 2.13. The Morgan fingerprint density at radius 2 is 2.29 bits per heavy atom. The first-order valence-corrected chi connectivity index (χ1v) is 5.20. The molecule has 78 valence electrons.